The third-order valence-corrected chi connectivity index (χ3v) is 4.59. The lowest BCUT2D eigenvalue weighted by atomic mass is 10.2. The Morgan fingerprint density at radius 1 is 1.14 bits per heavy atom. The number of aromatic nitrogens is 1. The molecular weight excluding hydrogens is 356 g/mol. The van der Waals surface area contributed by atoms with Gasteiger partial charge in [-0.2, -0.15) is 0 Å². The van der Waals surface area contributed by atoms with Gasteiger partial charge in [-0.05, 0) is 63.6 Å². The Labute approximate surface area is 164 Å². The van der Waals surface area contributed by atoms with Gasteiger partial charge in [-0.3, -0.25) is 4.79 Å². The predicted molar refractivity (Wildman–Crippen MR) is 106 cm³/mol. The minimum atomic E-state index is -0.521. The van der Waals surface area contributed by atoms with Crippen molar-refractivity contribution in [1.29, 1.82) is 0 Å². The highest BCUT2D eigenvalue weighted by Crippen LogP contribution is 2.22. The molecule has 1 N–H and O–H groups in total. The molecule has 3 aromatic rings. The number of furan rings is 1. The number of esters is 1. The molecule has 0 saturated carbocycles. The van der Waals surface area contributed by atoms with Gasteiger partial charge in [0.15, 0.2) is 6.61 Å². The van der Waals surface area contributed by atoms with Gasteiger partial charge in [-0.15, -0.1) is 0 Å². The van der Waals surface area contributed by atoms with E-state index < -0.39 is 5.97 Å². The van der Waals surface area contributed by atoms with Gasteiger partial charge in [-0.25, -0.2) is 4.79 Å². The van der Waals surface area contributed by atoms with Crippen molar-refractivity contribution in [2.75, 3.05) is 6.61 Å². The third-order valence-electron chi connectivity index (χ3n) is 4.59. The fraction of sp³-hybridized carbons (Fsp3) is 0.273. The average molecular weight is 380 g/mol. The smallest absolute Gasteiger partial charge is 0.340 e. The molecule has 0 aliphatic rings. The Morgan fingerprint density at radius 3 is 2.61 bits per heavy atom. The summed E-state index contributed by atoms with van der Waals surface area (Å²) in [5.74, 6) is -0.265. The maximum atomic E-state index is 12.5. The summed E-state index contributed by atoms with van der Waals surface area (Å²) < 4.78 is 12.5. The van der Waals surface area contributed by atoms with Crippen molar-refractivity contribution < 1.29 is 18.7 Å². The van der Waals surface area contributed by atoms with Crippen molar-refractivity contribution in [3.63, 3.8) is 0 Å². The Hall–Kier alpha value is -3.28. The van der Waals surface area contributed by atoms with E-state index in [0.717, 1.165) is 22.6 Å². The first-order valence-corrected chi connectivity index (χ1v) is 9.12. The monoisotopic (exact) mass is 380 g/mol. The van der Waals surface area contributed by atoms with Crippen LogP contribution in [0.15, 0.2) is 53.1 Å². The molecule has 0 unspecified atom stereocenters. The van der Waals surface area contributed by atoms with Gasteiger partial charge in [0, 0.05) is 17.1 Å². The second kappa shape index (κ2) is 8.17. The van der Waals surface area contributed by atoms with Gasteiger partial charge in [-0.1, -0.05) is 12.1 Å². The van der Waals surface area contributed by atoms with Crippen LogP contribution < -0.4 is 5.32 Å². The van der Waals surface area contributed by atoms with E-state index in [9.17, 15) is 9.59 Å². The molecule has 0 aliphatic carbocycles. The van der Waals surface area contributed by atoms with E-state index in [0.29, 0.717) is 11.3 Å². The summed E-state index contributed by atoms with van der Waals surface area (Å²) in [5.41, 5.74) is 4.27. The van der Waals surface area contributed by atoms with Crippen molar-refractivity contribution in [3.05, 3.63) is 77.0 Å². The number of hydrogen-bond donors (Lipinski definition) is 1. The highest BCUT2D eigenvalue weighted by molar-refractivity contribution is 5.93. The van der Waals surface area contributed by atoms with Crippen molar-refractivity contribution in [2.45, 2.75) is 33.7 Å². The highest BCUT2D eigenvalue weighted by Gasteiger charge is 2.20. The Balaban J connectivity index is 1.66. The van der Waals surface area contributed by atoms with E-state index in [1.807, 2.05) is 43.5 Å². The minimum Gasteiger partial charge on any atom is -0.467 e. The number of ether oxygens (including phenoxy) is 1. The summed E-state index contributed by atoms with van der Waals surface area (Å²) in [6.45, 7) is 7.27. The van der Waals surface area contributed by atoms with Crippen LogP contribution in [0.25, 0.3) is 5.69 Å². The average Bonchev–Trinajstić information content (AvgIpc) is 3.28. The van der Waals surface area contributed by atoms with Gasteiger partial charge in [0.25, 0.3) is 5.91 Å². The van der Waals surface area contributed by atoms with Crippen molar-refractivity contribution >= 4 is 11.9 Å². The number of aryl methyl sites for hydroxylation is 2. The molecule has 0 fully saturated rings. The van der Waals surface area contributed by atoms with E-state index in [1.165, 1.54) is 0 Å². The molecule has 2 aromatic heterocycles. The van der Waals surface area contributed by atoms with E-state index in [2.05, 4.69) is 11.4 Å². The molecule has 1 amide bonds. The zero-order valence-electron chi connectivity index (χ0n) is 16.5. The Morgan fingerprint density at radius 2 is 1.93 bits per heavy atom. The summed E-state index contributed by atoms with van der Waals surface area (Å²) in [6.07, 6.45) is 1.54. The number of rotatable bonds is 6. The molecule has 0 radical (unpaired) electrons. The van der Waals surface area contributed by atoms with Crippen molar-refractivity contribution in [1.82, 2.24) is 9.88 Å². The van der Waals surface area contributed by atoms with Crippen LogP contribution in [0, 0.1) is 20.8 Å². The first kappa shape index (κ1) is 19.5. The van der Waals surface area contributed by atoms with E-state index >= 15 is 0 Å². The molecule has 1 aromatic carbocycles. The van der Waals surface area contributed by atoms with Crippen molar-refractivity contribution in [3.8, 4) is 5.69 Å². The zero-order valence-corrected chi connectivity index (χ0v) is 16.5. The zero-order chi connectivity index (χ0) is 20.3. The molecule has 28 heavy (non-hydrogen) atoms. The molecule has 0 bridgehead atoms. The molecule has 146 valence electrons. The molecule has 2 heterocycles. The fourth-order valence-electron chi connectivity index (χ4n) is 3.23. The van der Waals surface area contributed by atoms with Crippen molar-refractivity contribution in [2.24, 2.45) is 0 Å². The summed E-state index contributed by atoms with van der Waals surface area (Å²) in [4.78, 5) is 24.6. The third kappa shape index (κ3) is 4.17. The molecule has 3 rings (SSSR count). The van der Waals surface area contributed by atoms with E-state index in [4.69, 9.17) is 9.15 Å². The largest absolute Gasteiger partial charge is 0.467 e. The lowest BCUT2D eigenvalue weighted by Gasteiger charge is -2.12. The molecule has 0 saturated heterocycles. The number of benzene rings is 1. The predicted octanol–water partition coefficient (Wildman–Crippen LogP) is 4.03. The fourth-order valence-corrected chi connectivity index (χ4v) is 3.23. The maximum absolute atomic E-state index is 12.5. The summed E-state index contributed by atoms with van der Waals surface area (Å²) >= 11 is 0. The number of nitrogens with zero attached hydrogens (tertiary/aromatic N) is 1. The van der Waals surface area contributed by atoms with Gasteiger partial charge < -0.3 is 19.0 Å². The SMILES string of the molecule is Cc1cccc(-n2c(C)cc(C(=O)OCC(=O)N[C@@H](C)c3ccco3)c2C)c1. The quantitative estimate of drug-likeness (QED) is 0.655. The van der Waals surface area contributed by atoms with E-state index in [1.54, 1.807) is 31.4 Å². The van der Waals surface area contributed by atoms with Crippen LogP contribution >= 0.6 is 0 Å². The lowest BCUT2D eigenvalue weighted by Crippen LogP contribution is -2.31. The number of carbonyl (C=O) groups is 2. The van der Waals surface area contributed by atoms with Crippen LogP contribution in [-0.2, 0) is 9.53 Å². The van der Waals surface area contributed by atoms with Crippen LogP contribution in [-0.4, -0.2) is 23.1 Å². The van der Waals surface area contributed by atoms with Gasteiger partial charge >= 0.3 is 5.97 Å². The van der Waals surface area contributed by atoms with Crippen LogP contribution in [0.3, 0.4) is 0 Å². The van der Waals surface area contributed by atoms with Crippen LogP contribution in [0.1, 0.15) is 46.0 Å². The summed E-state index contributed by atoms with van der Waals surface area (Å²) in [5, 5.41) is 2.74. The summed E-state index contributed by atoms with van der Waals surface area (Å²) in [7, 11) is 0. The van der Waals surface area contributed by atoms with Gasteiger partial charge in [0.1, 0.15) is 5.76 Å². The molecule has 1 atom stereocenters. The summed E-state index contributed by atoms with van der Waals surface area (Å²) in [6, 6.07) is 13.1. The van der Waals surface area contributed by atoms with Crippen LogP contribution in [0.2, 0.25) is 0 Å². The highest BCUT2D eigenvalue weighted by atomic mass is 16.5. The number of carbonyl (C=O) groups excluding carboxylic acids is 2. The first-order valence-electron chi connectivity index (χ1n) is 9.12. The minimum absolute atomic E-state index is 0.299. The molecule has 0 spiro atoms. The van der Waals surface area contributed by atoms with Crippen LogP contribution in [0.5, 0.6) is 0 Å². The topological polar surface area (TPSA) is 73.5 Å². The molecule has 0 aliphatic heterocycles. The molecule has 6 nitrogen and oxygen atoms in total. The second-order valence-electron chi connectivity index (χ2n) is 6.84. The standard InChI is InChI=1S/C22H24N2O4/c1-14-7-5-8-18(11-14)24-15(2)12-19(17(24)4)22(26)28-13-21(25)23-16(3)20-9-6-10-27-20/h5-12,16H,13H2,1-4H3,(H,23,25)/t16-/m0/s1. The van der Waals surface area contributed by atoms with E-state index in [-0.39, 0.29) is 18.6 Å². The second-order valence-corrected chi connectivity index (χ2v) is 6.84. The van der Waals surface area contributed by atoms with Gasteiger partial charge in [0.2, 0.25) is 0 Å². The Bertz CT molecular complexity index is 986. The lowest BCUT2D eigenvalue weighted by molar-refractivity contribution is -0.125. The first-order chi connectivity index (χ1) is 13.4. The number of nitrogens with one attached hydrogen (secondary N) is 1. The van der Waals surface area contributed by atoms with Gasteiger partial charge in [0.05, 0.1) is 17.9 Å². The Kier molecular flexibility index (Phi) is 5.68. The normalized spacial score (nSPS) is 11.9. The number of hydrogen-bond acceptors (Lipinski definition) is 4. The maximum Gasteiger partial charge on any atom is 0.340 e. The molecular formula is C22H24N2O4. The van der Waals surface area contributed by atoms with Crippen LogP contribution in [0.4, 0.5) is 0 Å². The molecule has 6 heteroatoms. The number of amides is 1.